The maximum absolute atomic E-state index is 12.1. The quantitative estimate of drug-likeness (QED) is 0.795. The Labute approximate surface area is 127 Å². The smallest absolute Gasteiger partial charge is 0.340 e. The van der Waals surface area contributed by atoms with Crippen LogP contribution in [0.3, 0.4) is 0 Å². The minimum atomic E-state index is -0.466. The minimum Gasteiger partial charge on any atom is -0.465 e. The second-order valence-electron chi connectivity index (χ2n) is 5.35. The van der Waals surface area contributed by atoms with Crippen LogP contribution in [0.2, 0.25) is 0 Å². The summed E-state index contributed by atoms with van der Waals surface area (Å²) in [6.07, 6.45) is 0.271. The molecule has 6 nitrogen and oxygen atoms in total. The highest BCUT2D eigenvalue weighted by molar-refractivity contribution is 6.09. The van der Waals surface area contributed by atoms with Gasteiger partial charge in [-0.15, -0.1) is 0 Å². The SMILES string of the molecule is COC(=O)c1cc(-c2c(C)noc2C)cc2c1N(C)C(=O)C2. The van der Waals surface area contributed by atoms with Crippen LogP contribution in [0, 0.1) is 13.8 Å². The molecule has 1 aromatic heterocycles. The first-order valence-corrected chi connectivity index (χ1v) is 6.89. The number of nitrogens with zero attached hydrogens (tertiary/aromatic N) is 2. The van der Waals surface area contributed by atoms with Crippen LogP contribution in [0.25, 0.3) is 11.1 Å². The van der Waals surface area contributed by atoms with E-state index in [1.165, 1.54) is 12.0 Å². The van der Waals surface area contributed by atoms with Crippen molar-refractivity contribution >= 4 is 17.6 Å². The first-order valence-electron chi connectivity index (χ1n) is 6.89. The molecule has 2 aromatic rings. The molecule has 0 bridgehead atoms. The van der Waals surface area contributed by atoms with Gasteiger partial charge in [0.1, 0.15) is 5.76 Å². The molecular weight excluding hydrogens is 284 g/mol. The van der Waals surface area contributed by atoms with E-state index in [2.05, 4.69) is 5.16 Å². The number of aromatic nitrogens is 1. The number of fused-ring (bicyclic) bond motifs is 1. The zero-order chi connectivity index (χ0) is 16.0. The molecule has 1 aliphatic rings. The molecule has 0 N–H and O–H groups in total. The molecule has 0 aliphatic carbocycles. The van der Waals surface area contributed by atoms with E-state index < -0.39 is 5.97 Å². The van der Waals surface area contributed by atoms with Gasteiger partial charge in [-0.1, -0.05) is 5.16 Å². The van der Waals surface area contributed by atoms with Crippen LogP contribution in [-0.4, -0.2) is 31.2 Å². The number of carbonyl (C=O) groups excluding carboxylic acids is 2. The predicted molar refractivity (Wildman–Crippen MR) is 79.9 cm³/mol. The van der Waals surface area contributed by atoms with Crippen LogP contribution in [0.15, 0.2) is 16.7 Å². The summed E-state index contributed by atoms with van der Waals surface area (Å²) >= 11 is 0. The Hall–Kier alpha value is -2.63. The fourth-order valence-corrected chi connectivity index (χ4v) is 2.94. The second-order valence-corrected chi connectivity index (χ2v) is 5.35. The average molecular weight is 300 g/mol. The van der Waals surface area contributed by atoms with Crippen molar-refractivity contribution in [2.45, 2.75) is 20.3 Å². The molecule has 1 aromatic carbocycles. The second kappa shape index (κ2) is 4.98. The van der Waals surface area contributed by atoms with E-state index in [1.807, 2.05) is 19.9 Å². The Morgan fingerprint density at radius 1 is 1.36 bits per heavy atom. The molecular formula is C16H16N2O4. The average Bonchev–Trinajstić information content (AvgIpc) is 2.97. The van der Waals surface area contributed by atoms with Gasteiger partial charge in [-0.3, -0.25) is 4.79 Å². The molecule has 2 heterocycles. The number of hydrogen-bond donors (Lipinski definition) is 0. The van der Waals surface area contributed by atoms with Crippen LogP contribution < -0.4 is 4.90 Å². The Morgan fingerprint density at radius 2 is 2.09 bits per heavy atom. The molecule has 0 atom stereocenters. The van der Waals surface area contributed by atoms with Gasteiger partial charge in [0.2, 0.25) is 5.91 Å². The Bertz CT molecular complexity index is 772. The van der Waals surface area contributed by atoms with E-state index in [0.717, 1.165) is 22.4 Å². The summed E-state index contributed by atoms with van der Waals surface area (Å²) in [4.78, 5) is 25.6. The number of methoxy groups -OCH3 is 1. The third-order valence-corrected chi connectivity index (χ3v) is 3.97. The van der Waals surface area contributed by atoms with Gasteiger partial charge in [-0.05, 0) is 37.1 Å². The zero-order valence-electron chi connectivity index (χ0n) is 12.9. The highest BCUT2D eigenvalue weighted by Gasteiger charge is 2.31. The van der Waals surface area contributed by atoms with Crippen LogP contribution in [-0.2, 0) is 16.0 Å². The minimum absolute atomic E-state index is 0.0453. The van der Waals surface area contributed by atoms with Crippen molar-refractivity contribution < 1.29 is 18.8 Å². The van der Waals surface area contributed by atoms with Crippen molar-refractivity contribution in [1.29, 1.82) is 0 Å². The molecule has 0 saturated heterocycles. The summed E-state index contributed by atoms with van der Waals surface area (Å²) in [5, 5.41) is 3.94. The summed E-state index contributed by atoms with van der Waals surface area (Å²) in [6, 6.07) is 3.64. The number of ether oxygens (including phenoxy) is 1. The molecule has 22 heavy (non-hydrogen) atoms. The summed E-state index contributed by atoms with van der Waals surface area (Å²) in [7, 11) is 2.99. The molecule has 0 radical (unpaired) electrons. The van der Waals surface area contributed by atoms with Gasteiger partial charge in [-0.25, -0.2) is 4.79 Å². The number of esters is 1. The number of rotatable bonds is 2. The van der Waals surface area contributed by atoms with Crippen LogP contribution >= 0.6 is 0 Å². The number of amides is 1. The Kier molecular flexibility index (Phi) is 3.24. The molecule has 0 spiro atoms. The molecule has 1 amide bonds. The van der Waals surface area contributed by atoms with Crippen molar-refractivity contribution in [1.82, 2.24) is 5.16 Å². The van der Waals surface area contributed by atoms with Gasteiger partial charge >= 0.3 is 5.97 Å². The first kappa shape index (κ1) is 14.3. The van der Waals surface area contributed by atoms with Gasteiger partial charge < -0.3 is 14.2 Å². The van der Waals surface area contributed by atoms with Gasteiger partial charge in [-0.2, -0.15) is 0 Å². The van der Waals surface area contributed by atoms with Crippen LogP contribution in [0.1, 0.15) is 27.4 Å². The normalized spacial score (nSPS) is 13.5. The van der Waals surface area contributed by atoms with Gasteiger partial charge in [0, 0.05) is 12.6 Å². The molecule has 3 rings (SSSR count). The predicted octanol–water partition coefficient (Wildman–Crippen LogP) is 2.26. The summed E-state index contributed by atoms with van der Waals surface area (Å²) in [5.41, 5.74) is 4.19. The number of carbonyl (C=O) groups is 2. The fourth-order valence-electron chi connectivity index (χ4n) is 2.94. The monoisotopic (exact) mass is 300 g/mol. The van der Waals surface area contributed by atoms with E-state index in [0.29, 0.717) is 17.0 Å². The highest BCUT2D eigenvalue weighted by Crippen LogP contribution is 2.38. The van der Waals surface area contributed by atoms with E-state index in [-0.39, 0.29) is 12.3 Å². The van der Waals surface area contributed by atoms with E-state index in [4.69, 9.17) is 9.26 Å². The summed E-state index contributed by atoms with van der Waals surface area (Å²) in [6.45, 7) is 3.66. The van der Waals surface area contributed by atoms with E-state index in [1.54, 1.807) is 13.1 Å². The zero-order valence-corrected chi connectivity index (χ0v) is 12.9. The van der Waals surface area contributed by atoms with E-state index in [9.17, 15) is 9.59 Å². The van der Waals surface area contributed by atoms with Crippen molar-refractivity contribution in [3.8, 4) is 11.1 Å². The lowest BCUT2D eigenvalue weighted by Crippen LogP contribution is -2.22. The van der Waals surface area contributed by atoms with Crippen molar-refractivity contribution in [3.05, 3.63) is 34.7 Å². The molecule has 1 aliphatic heterocycles. The number of benzene rings is 1. The van der Waals surface area contributed by atoms with Gasteiger partial charge in [0.05, 0.1) is 30.5 Å². The van der Waals surface area contributed by atoms with Gasteiger partial charge in [0.25, 0.3) is 0 Å². The fraction of sp³-hybridized carbons (Fsp3) is 0.312. The summed E-state index contributed by atoms with van der Waals surface area (Å²) < 4.78 is 10.1. The van der Waals surface area contributed by atoms with E-state index >= 15 is 0 Å². The van der Waals surface area contributed by atoms with Crippen LogP contribution in [0.4, 0.5) is 5.69 Å². The highest BCUT2D eigenvalue weighted by atomic mass is 16.5. The standard InChI is InChI=1S/C16H16N2O4/c1-8-14(9(2)22-17-8)10-5-11-7-13(19)18(3)15(11)12(6-10)16(20)21-4/h5-6H,7H2,1-4H3. The maximum atomic E-state index is 12.1. The molecule has 114 valence electrons. The lowest BCUT2D eigenvalue weighted by atomic mass is 9.96. The van der Waals surface area contributed by atoms with Crippen LogP contribution in [0.5, 0.6) is 0 Å². The number of hydrogen-bond acceptors (Lipinski definition) is 5. The third kappa shape index (κ3) is 1.99. The molecule has 0 unspecified atom stereocenters. The topological polar surface area (TPSA) is 72.6 Å². The lowest BCUT2D eigenvalue weighted by Gasteiger charge is -2.15. The Balaban J connectivity index is 2.26. The van der Waals surface area contributed by atoms with Gasteiger partial charge in [0.15, 0.2) is 0 Å². The van der Waals surface area contributed by atoms with Crippen molar-refractivity contribution in [2.75, 3.05) is 19.1 Å². The van der Waals surface area contributed by atoms with Crippen molar-refractivity contribution in [3.63, 3.8) is 0 Å². The number of likely N-dealkylation sites (N-methyl/N-ethyl adjacent to an activating group) is 1. The summed E-state index contributed by atoms with van der Waals surface area (Å²) in [5.74, 6) is 0.161. The molecule has 6 heteroatoms. The number of anilines is 1. The van der Waals surface area contributed by atoms with Crippen molar-refractivity contribution in [2.24, 2.45) is 0 Å². The number of aryl methyl sites for hydroxylation is 2. The Morgan fingerprint density at radius 3 is 2.68 bits per heavy atom. The largest absolute Gasteiger partial charge is 0.465 e. The lowest BCUT2D eigenvalue weighted by molar-refractivity contribution is -0.117. The molecule has 0 saturated carbocycles. The molecule has 0 fully saturated rings. The third-order valence-electron chi connectivity index (χ3n) is 3.97. The first-order chi connectivity index (χ1) is 10.4. The maximum Gasteiger partial charge on any atom is 0.340 e.